The zero-order chi connectivity index (χ0) is 19.9. The van der Waals surface area contributed by atoms with Gasteiger partial charge < -0.3 is 15.1 Å². The van der Waals surface area contributed by atoms with Gasteiger partial charge in [0.25, 0.3) is 5.91 Å². The maximum atomic E-state index is 13.7. The van der Waals surface area contributed by atoms with Crippen LogP contribution in [-0.4, -0.2) is 60.0 Å². The molecule has 1 aromatic carbocycles. The summed E-state index contributed by atoms with van der Waals surface area (Å²) in [6.45, 7) is 2.81. The minimum Gasteiger partial charge on any atom is -0.363 e. The summed E-state index contributed by atoms with van der Waals surface area (Å²) in [6, 6.07) is 6.69. The maximum Gasteiger partial charge on any atom is 0.410 e. The van der Waals surface area contributed by atoms with E-state index in [2.05, 4.69) is 17.5 Å². The van der Waals surface area contributed by atoms with E-state index in [1.807, 2.05) is 6.07 Å². The second kappa shape index (κ2) is 7.12. The number of amides is 1. The zero-order valence-corrected chi connectivity index (χ0v) is 15.5. The Morgan fingerprint density at radius 3 is 2.54 bits per heavy atom. The van der Waals surface area contributed by atoms with E-state index in [0.29, 0.717) is 13.1 Å². The number of hydrogen-bond donors (Lipinski definition) is 2. The number of piperazine rings is 1. The summed E-state index contributed by atoms with van der Waals surface area (Å²) in [7, 11) is 2.06. The molecule has 1 amide bonds. The molecule has 0 aliphatic carbocycles. The molecule has 2 aliphatic heterocycles. The molecular weight excluding hydrogens is 371 g/mol. The molecule has 0 spiro atoms. The molecule has 0 unspecified atom stereocenters. The summed E-state index contributed by atoms with van der Waals surface area (Å²) >= 11 is 0. The van der Waals surface area contributed by atoms with Crippen LogP contribution >= 0.6 is 0 Å². The summed E-state index contributed by atoms with van der Waals surface area (Å²) in [5.41, 5.74) is 0.959. The minimum atomic E-state index is -4.45. The van der Waals surface area contributed by atoms with Gasteiger partial charge in [-0.2, -0.15) is 18.3 Å². The quantitative estimate of drug-likeness (QED) is 0.812. The zero-order valence-electron chi connectivity index (χ0n) is 15.5. The van der Waals surface area contributed by atoms with Crippen LogP contribution in [0.4, 0.5) is 19.0 Å². The van der Waals surface area contributed by atoms with Crippen molar-refractivity contribution >= 4 is 11.7 Å². The van der Waals surface area contributed by atoms with Gasteiger partial charge in [-0.05, 0) is 5.56 Å². The lowest BCUT2D eigenvalue weighted by molar-refractivity contribution is -0.883. The number of anilines is 1. The first-order valence-corrected chi connectivity index (χ1v) is 9.41. The highest BCUT2D eigenvalue weighted by atomic mass is 19.4. The molecule has 2 N–H and O–H groups in total. The van der Waals surface area contributed by atoms with Crippen molar-refractivity contribution in [1.29, 1.82) is 0 Å². The second-order valence-electron chi connectivity index (χ2n) is 7.50. The van der Waals surface area contributed by atoms with Gasteiger partial charge in [-0.3, -0.25) is 4.79 Å². The van der Waals surface area contributed by atoms with Gasteiger partial charge in [-0.25, -0.2) is 4.68 Å². The minimum absolute atomic E-state index is 0.152. The number of fused-ring (bicyclic) bond motifs is 1. The largest absolute Gasteiger partial charge is 0.410 e. The third-order valence-electron chi connectivity index (χ3n) is 5.57. The van der Waals surface area contributed by atoms with E-state index in [4.69, 9.17) is 0 Å². The lowest BCUT2D eigenvalue weighted by atomic mass is 9.96. The molecule has 28 heavy (non-hydrogen) atoms. The summed E-state index contributed by atoms with van der Waals surface area (Å²) < 4.78 is 42.1. The number of aromatic nitrogens is 2. The van der Waals surface area contributed by atoms with Crippen LogP contribution in [0.3, 0.4) is 0 Å². The van der Waals surface area contributed by atoms with Crippen LogP contribution in [-0.2, 0) is 0 Å². The van der Waals surface area contributed by atoms with Gasteiger partial charge in [0.15, 0.2) is 6.04 Å². The van der Waals surface area contributed by atoms with E-state index in [0.717, 1.165) is 23.3 Å². The molecule has 9 heteroatoms. The maximum absolute atomic E-state index is 13.7. The number of hydrogen-bond acceptors (Lipinski definition) is 3. The molecule has 6 nitrogen and oxygen atoms in total. The van der Waals surface area contributed by atoms with Crippen LogP contribution in [0.15, 0.2) is 36.5 Å². The van der Waals surface area contributed by atoms with E-state index in [1.54, 1.807) is 29.2 Å². The summed E-state index contributed by atoms with van der Waals surface area (Å²) in [4.78, 5) is 16.0. The first-order chi connectivity index (χ1) is 13.3. The van der Waals surface area contributed by atoms with Crippen LogP contribution in [0.2, 0.25) is 0 Å². The van der Waals surface area contributed by atoms with E-state index >= 15 is 0 Å². The Hall–Kier alpha value is -2.55. The van der Waals surface area contributed by atoms with Gasteiger partial charge in [-0.15, -0.1) is 0 Å². The topological polar surface area (TPSA) is 54.6 Å². The van der Waals surface area contributed by atoms with Gasteiger partial charge in [0.2, 0.25) is 0 Å². The summed E-state index contributed by atoms with van der Waals surface area (Å²) in [5, 5.41) is 7.09. The highest BCUT2D eigenvalue weighted by molar-refractivity contribution is 5.99. The normalized spacial score (nSPS) is 23.2. The van der Waals surface area contributed by atoms with Crippen molar-refractivity contribution in [2.75, 3.05) is 38.5 Å². The van der Waals surface area contributed by atoms with Gasteiger partial charge in [0, 0.05) is 6.42 Å². The molecule has 2 aromatic rings. The molecule has 0 saturated carbocycles. The molecule has 1 aromatic heterocycles. The first kappa shape index (κ1) is 18.8. The van der Waals surface area contributed by atoms with Crippen molar-refractivity contribution in [3.63, 3.8) is 0 Å². The molecule has 0 bridgehead atoms. The monoisotopic (exact) mass is 394 g/mol. The van der Waals surface area contributed by atoms with Crippen molar-refractivity contribution in [2.24, 2.45) is 0 Å². The number of benzene rings is 1. The molecule has 1 fully saturated rings. The summed E-state index contributed by atoms with van der Waals surface area (Å²) in [5.74, 6) is -0.116. The number of alkyl halides is 3. The number of quaternary nitrogens is 1. The number of nitrogens with zero attached hydrogens (tertiary/aromatic N) is 3. The van der Waals surface area contributed by atoms with Crippen LogP contribution in [0.25, 0.3) is 0 Å². The Bertz CT molecular complexity index is 843. The standard InChI is InChI=1S/C19H22F3N5O/c1-25-7-9-26(10-8-25)18(28)14-12-23-27-16(19(20,21)22)11-15(24-17(14)27)13-5-3-2-4-6-13/h2-6,12,15-16,24H,7-11H2,1H3/p+1/t15-,16+/m1/s1. The average Bonchev–Trinajstić information content (AvgIpc) is 3.11. The smallest absolute Gasteiger partial charge is 0.363 e. The molecular formula is C19H23F3N5O+. The molecule has 3 heterocycles. The number of rotatable bonds is 2. The Kier molecular flexibility index (Phi) is 4.78. The van der Waals surface area contributed by atoms with Crippen LogP contribution in [0, 0.1) is 0 Å². The van der Waals surface area contributed by atoms with Gasteiger partial charge >= 0.3 is 6.18 Å². The number of halogens is 3. The number of likely N-dealkylation sites (N-methyl/N-ethyl adjacent to an activating group) is 1. The van der Waals surface area contributed by atoms with Crippen molar-refractivity contribution in [3.8, 4) is 0 Å². The Morgan fingerprint density at radius 1 is 1.21 bits per heavy atom. The van der Waals surface area contributed by atoms with Crippen molar-refractivity contribution < 1.29 is 22.9 Å². The predicted molar refractivity (Wildman–Crippen MR) is 97.3 cm³/mol. The SMILES string of the molecule is C[NH+]1CCN(C(=O)c2cnn3c2N[C@@H](c2ccccc2)C[C@H]3C(F)(F)F)CC1. The first-order valence-electron chi connectivity index (χ1n) is 9.41. The fraction of sp³-hybridized carbons (Fsp3) is 0.474. The van der Waals surface area contributed by atoms with Gasteiger partial charge in [-0.1, -0.05) is 30.3 Å². The predicted octanol–water partition coefficient (Wildman–Crippen LogP) is 1.51. The fourth-order valence-electron chi connectivity index (χ4n) is 3.88. The molecule has 0 radical (unpaired) electrons. The number of nitrogens with one attached hydrogen (secondary N) is 2. The van der Waals surface area contributed by atoms with E-state index in [1.165, 1.54) is 11.1 Å². The van der Waals surface area contributed by atoms with Crippen LogP contribution in [0.1, 0.15) is 34.4 Å². The van der Waals surface area contributed by atoms with Crippen LogP contribution < -0.4 is 10.2 Å². The highest BCUT2D eigenvalue weighted by Crippen LogP contribution is 2.44. The lowest BCUT2D eigenvalue weighted by Crippen LogP contribution is -3.12. The highest BCUT2D eigenvalue weighted by Gasteiger charge is 2.47. The molecule has 1 saturated heterocycles. The molecule has 2 aliphatic rings. The van der Waals surface area contributed by atoms with Crippen molar-refractivity contribution in [1.82, 2.24) is 14.7 Å². The van der Waals surface area contributed by atoms with E-state index < -0.39 is 18.3 Å². The van der Waals surface area contributed by atoms with Crippen LogP contribution in [0.5, 0.6) is 0 Å². The Labute approximate surface area is 160 Å². The second-order valence-corrected chi connectivity index (χ2v) is 7.50. The molecule has 150 valence electrons. The summed E-state index contributed by atoms with van der Waals surface area (Å²) in [6.07, 6.45) is -3.36. The van der Waals surface area contributed by atoms with Crippen molar-refractivity contribution in [2.45, 2.75) is 24.7 Å². The lowest BCUT2D eigenvalue weighted by Gasteiger charge is -2.34. The molecule has 2 atom stereocenters. The third kappa shape index (κ3) is 3.46. The van der Waals surface area contributed by atoms with E-state index in [9.17, 15) is 18.0 Å². The van der Waals surface area contributed by atoms with Gasteiger partial charge in [0.05, 0.1) is 45.5 Å². The number of carbonyl (C=O) groups excluding carboxylic acids is 1. The third-order valence-corrected chi connectivity index (χ3v) is 5.57. The average molecular weight is 394 g/mol. The molecule has 4 rings (SSSR count). The Morgan fingerprint density at radius 2 is 1.89 bits per heavy atom. The number of carbonyl (C=O) groups is 1. The van der Waals surface area contributed by atoms with E-state index in [-0.39, 0.29) is 23.7 Å². The van der Waals surface area contributed by atoms with Gasteiger partial charge in [0.1, 0.15) is 11.4 Å². The fourth-order valence-corrected chi connectivity index (χ4v) is 3.88. The van der Waals surface area contributed by atoms with Crippen molar-refractivity contribution in [3.05, 3.63) is 47.7 Å². The Balaban J connectivity index is 1.68.